The molecule has 2 aromatic rings. The SMILES string of the molecule is CCN(CCCN1C(=O)c2ccccc2C1=O)Cc1ccc(Cl)s1. The molecule has 0 radical (unpaired) electrons. The summed E-state index contributed by atoms with van der Waals surface area (Å²) in [6.45, 7) is 5.15. The fourth-order valence-electron chi connectivity index (χ4n) is 2.90. The molecule has 0 saturated carbocycles. The first-order valence-corrected chi connectivity index (χ1v) is 9.21. The van der Waals surface area contributed by atoms with Crippen molar-refractivity contribution in [2.75, 3.05) is 19.6 Å². The van der Waals surface area contributed by atoms with Crippen molar-refractivity contribution in [3.8, 4) is 0 Å². The quantitative estimate of drug-likeness (QED) is 0.701. The standard InChI is InChI=1S/C18H19ClN2O2S/c1-2-20(12-13-8-9-16(19)24-13)10-5-11-21-17(22)14-6-3-4-7-15(14)18(21)23/h3-4,6-9H,2,5,10-12H2,1H3. The van der Waals surface area contributed by atoms with Gasteiger partial charge in [-0.25, -0.2) is 0 Å². The Morgan fingerprint density at radius 3 is 2.29 bits per heavy atom. The lowest BCUT2D eigenvalue weighted by molar-refractivity contribution is 0.0647. The lowest BCUT2D eigenvalue weighted by Gasteiger charge is -2.21. The zero-order valence-corrected chi connectivity index (χ0v) is 15.1. The van der Waals surface area contributed by atoms with Gasteiger partial charge in [0, 0.05) is 24.5 Å². The molecule has 126 valence electrons. The third-order valence-corrected chi connectivity index (χ3v) is 5.41. The summed E-state index contributed by atoms with van der Waals surface area (Å²) < 4.78 is 0.798. The van der Waals surface area contributed by atoms with Gasteiger partial charge in [0.2, 0.25) is 0 Å². The molecule has 6 heteroatoms. The molecule has 0 N–H and O–H groups in total. The van der Waals surface area contributed by atoms with E-state index in [9.17, 15) is 9.59 Å². The summed E-state index contributed by atoms with van der Waals surface area (Å²) in [7, 11) is 0. The van der Waals surface area contributed by atoms with Gasteiger partial charge in [-0.3, -0.25) is 19.4 Å². The molecule has 1 aliphatic rings. The summed E-state index contributed by atoms with van der Waals surface area (Å²) >= 11 is 7.56. The summed E-state index contributed by atoms with van der Waals surface area (Å²) in [5.74, 6) is -0.354. The zero-order chi connectivity index (χ0) is 17.1. The van der Waals surface area contributed by atoms with Crippen molar-refractivity contribution in [1.82, 2.24) is 9.80 Å². The third kappa shape index (κ3) is 3.53. The molecule has 0 aliphatic carbocycles. The van der Waals surface area contributed by atoms with Crippen molar-refractivity contribution in [2.45, 2.75) is 19.9 Å². The highest BCUT2D eigenvalue weighted by molar-refractivity contribution is 7.16. The van der Waals surface area contributed by atoms with E-state index in [1.54, 1.807) is 35.6 Å². The Hall–Kier alpha value is -1.69. The second kappa shape index (κ2) is 7.47. The summed E-state index contributed by atoms with van der Waals surface area (Å²) in [6, 6.07) is 11.0. The smallest absolute Gasteiger partial charge is 0.261 e. The molecule has 1 aliphatic heterocycles. The van der Waals surface area contributed by atoms with Gasteiger partial charge < -0.3 is 0 Å². The number of halogens is 1. The molecule has 0 spiro atoms. The van der Waals surface area contributed by atoms with Crippen LogP contribution < -0.4 is 0 Å². The summed E-state index contributed by atoms with van der Waals surface area (Å²) in [6.07, 6.45) is 0.762. The van der Waals surface area contributed by atoms with Crippen LogP contribution in [0.3, 0.4) is 0 Å². The number of imide groups is 1. The first-order valence-electron chi connectivity index (χ1n) is 8.02. The minimum atomic E-state index is -0.177. The average molecular weight is 363 g/mol. The number of rotatable bonds is 7. The Labute approximate surface area is 150 Å². The van der Waals surface area contributed by atoms with Crippen LogP contribution in [0, 0.1) is 0 Å². The van der Waals surface area contributed by atoms with Gasteiger partial charge in [0.25, 0.3) is 11.8 Å². The zero-order valence-electron chi connectivity index (χ0n) is 13.5. The van der Waals surface area contributed by atoms with Gasteiger partial charge in [0.05, 0.1) is 15.5 Å². The molecule has 2 amide bonds. The summed E-state index contributed by atoms with van der Waals surface area (Å²) in [5, 5.41) is 0. The van der Waals surface area contributed by atoms with E-state index in [4.69, 9.17) is 11.6 Å². The van der Waals surface area contributed by atoms with E-state index in [2.05, 4.69) is 11.8 Å². The van der Waals surface area contributed by atoms with Crippen molar-refractivity contribution in [1.29, 1.82) is 0 Å². The average Bonchev–Trinajstić information content (AvgIpc) is 3.10. The van der Waals surface area contributed by atoms with Crippen LogP contribution in [0.2, 0.25) is 4.34 Å². The van der Waals surface area contributed by atoms with Crippen LogP contribution >= 0.6 is 22.9 Å². The van der Waals surface area contributed by atoms with Gasteiger partial charge in [-0.1, -0.05) is 30.7 Å². The van der Waals surface area contributed by atoms with Crippen LogP contribution in [-0.2, 0) is 6.54 Å². The summed E-state index contributed by atoms with van der Waals surface area (Å²) in [5.41, 5.74) is 1.03. The molecule has 3 rings (SSSR count). The van der Waals surface area contributed by atoms with E-state index in [1.807, 2.05) is 12.1 Å². The molecule has 0 saturated heterocycles. The monoisotopic (exact) mass is 362 g/mol. The number of thiophene rings is 1. The van der Waals surface area contributed by atoms with E-state index >= 15 is 0 Å². The van der Waals surface area contributed by atoms with Crippen LogP contribution in [0.25, 0.3) is 0 Å². The normalized spacial score (nSPS) is 13.9. The van der Waals surface area contributed by atoms with Crippen LogP contribution in [0.5, 0.6) is 0 Å². The van der Waals surface area contributed by atoms with Gasteiger partial charge in [-0.2, -0.15) is 0 Å². The van der Waals surface area contributed by atoms with E-state index in [1.165, 1.54) is 9.78 Å². The molecular weight excluding hydrogens is 344 g/mol. The number of hydrogen-bond donors (Lipinski definition) is 0. The molecule has 0 unspecified atom stereocenters. The molecule has 0 fully saturated rings. The van der Waals surface area contributed by atoms with Crippen molar-refractivity contribution in [2.24, 2.45) is 0 Å². The molecule has 2 heterocycles. The molecule has 1 aromatic carbocycles. The maximum Gasteiger partial charge on any atom is 0.261 e. The van der Waals surface area contributed by atoms with Gasteiger partial charge in [-0.05, 0) is 37.2 Å². The van der Waals surface area contributed by atoms with E-state index in [-0.39, 0.29) is 11.8 Å². The van der Waals surface area contributed by atoms with Gasteiger partial charge in [0.15, 0.2) is 0 Å². The van der Waals surface area contributed by atoms with Crippen molar-refractivity contribution in [3.63, 3.8) is 0 Å². The Kier molecular flexibility index (Phi) is 5.33. The predicted molar refractivity (Wildman–Crippen MR) is 96.7 cm³/mol. The van der Waals surface area contributed by atoms with E-state index < -0.39 is 0 Å². The highest BCUT2D eigenvalue weighted by Crippen LogP contribution is 2.24. The third-order valence-electron chi connectivity index (χ3n) is 4.19. The Bertz CT molecular complexity index is 724. The highest BCUT2D eigenvalue weighted by Gasteiger charge is 2.34. The van der Waals surface area contributed by atoms with Gasteiger partial charge >= 0.3 is 0 Å². The Morgan fingerprint density at radius 2 is 1.75 bits per heavy atom. The number of amides is 2. The fourth-order valence-corrected chi connectivity index (χ4v) is 4.03. The highest BCUT2D eigenvalue weighted by atomic mass is 35.5. The largest absolute Gasteiger partial charge is 0.298 e. The van der Waals surface area contributed by atoms with Crippen LogP contribution in [0.1, 0.15) is 38.9 Å². The van der Waals surface area contributed by atoms with Crippen molar-refractivity contribution < 1.29 is 9.59 Å². The molecule has 1 aromatic heterocycles. The van der Waals surface area contributed by atoms with E-state index in [0.29, 0.717) is 17.7 Å². The Morgan fingerprint density at radius 1 is 1.08 bits per heavy atom. The molecule has 24 heavy (non-hydrogen) atoms. The molecule has 0 bridgehead atoms. The number of benzene rings is 1. The Balaban J connectivity index is 1.54. The summed E-state index contributed by atoms with van der Waals surface area (Å²) in [4.78, 5) is 29.5. The van der Waals surface area contributed by atoms with Crippen molar-refractivity contribution >= 4 is 34.8 Å². The van der Waals surface area contributed by atoms with E-state index in [0.717, 1.165) is 30.4 Å². The van der Waals surface area contributed by atoms with Gasteiger partial charge in [-0.15, -0.1) is 11.3 Å². The van der Waals surface area contributed by atoms with Crippen LogP contribution in [0.4, 0.5) is 0 Å². The first-order chi connectivity index (χ1) is 11.6. The predicted octanol–water partition coefficient (Wildman–Crippen LogP) is 3.91. The second-order valence-corrected chi connectivity index (χ2v) is 7.54. The lowest BCUT2D eigenvalue weighted by atomic mass is 10.1. The topological polar surface area (TPSA) is 40.6 Å². The fraction of sp³-hybridized carbons (Fsp3) is 0.333. The minimum Gasteiger partial charge on any atom is -0.298 e. The second-order valence-electron chi connectivity index (χ2n) is 5.74. The first kappa shape index (κ1) is 17.1. The number of hydrogen-bond acceptors (Lipinski definition) is 4. The number of fused-ring (bicyclic) bond motifs is 1. The van der Waals surface area contributed by atoms with Crippen molar-refractivity contribution in [3.05, 3.63) is 56.7 Å². The number of carbonyl (C=O) groups excluding carboxylic acids is 2. The molecule has 0 atom stereocenters. The molecule has 4 nitrogen and oxygen atoms in total. The maximum absolute atomic E-state index is 12.3. The molecular formula is C18H19ClN2O2S. The number of carbonyl (C=O) groups is 2. The minimum absolute atomic E-state index is 0.177. The number of nitrogens with zero attached hydrogens (tertiary/aromatic N) is 2. The van der Waals surface area contributed by atoms with Crippen LogP contribution in [-0.4, -0.2) is 41.2 Å². The van der Waals surface area contributed by atoms with Gasteiger partial charge in [0.1, 0.15) is 0 Å². The lowest BCUT2D eigenvalue weighted by Crippen LogP contribution is -2.33. The van der Waals surface area contributed by atoms with Crippen LogP contribution in [0.15, 0.2) is 36.4 Å². The maximum atomic E-state index is 12.3.